The molecule has 4 heterocycles. The standard InChI is InChI=1S/C44H45F3N8O7/c45-44(46,47)62-32-9-3-6-27(20-32)21-39(59)55-19-15-30-22-29(11-13-35(30)55)34-24-54(42-40(34)41(48)51-26-52-42)18-5-17-49-36(56)10-1-2-16-50-38(58)25-61-31-8-4-7-28(23-31)33-12-14-37(57)53-43(33)60/h3-4,6-9,11,13,20,22-24,26,33H,1-2,5,10,12,14-19,21,25H2,(H,49,56)(H,50,58)(H2,48,51,52)(H,53,57,60). The number of ether oxygens (including phenoxy) is 2. The number of benzene rings is 3. The Kier molecular flexibility index (Phi) is 13.3. The molecule has 324 valence electrons. The topological polar surface area (TPSA) is 200 Å². The van der Waals surface area contributed by atoms with Gasteiger partial charge in [-0.3, -0.25) is 29.3 Å². The SMILES string of the molecule is Nc1ncnc2c1c(-c1ccc3c(c1)CCN3C(=O)Cc1cccc(OC(F)(F)F)c1)cn2CCCNC(=O)CCCCNC(=O)COc1cccc(C2CCC(=O)NC2=O)c1. The van der Waals surface area contributed by atoms with Gasteiger partial charge in [0.05, 0.1) is 17.7 Å². The molecule has 1 unspecified atom stereocenters. The average molecular weight is 855 g/mol. The van der Waals surface area contributed by atoms with E-state index in [0.717, 1.165) is 22.4 Å². The van der Waals surface area contributed by atoms with Crippen LogP contribution >= 0.6 is 0 Å². The van der Waals surface area contributed by atoms with Crippen molar-refractivity contribution in [3.63, 3.8) is 0 Å². The van der Waals surface area contributed by atoms with Crippen LogP contribution in [0.2, 0.25) is 0 Å². The summed E-state index contributed by atoms with van der Waals surface area (Å²) >= 11 is 0. The van der Waals surface area contributed by atoms with Crippen molar-refractivity contribution in [3.8, 4) is 22.6 Å². The number of nitrogen functional groups attached to an aromatic ring is 1. The zero-order chi connectivity index (χ0) is 43.8. The third-order valence-electron chi connectivity index (χ3n) is 10.7. The molecule has 5 N–H and O–H groups in total. The number of amides is 5. The lowest BCUT2D eigenvalue weighted by atomic mass is 9.90. The molecule has 5 amide bonds. The predicted molar refractivity (Wildman–Crippen MR) is 222 cm³/mol. The third-order valence-corrected chi connectivity index (χ3v) is 10.7. The van der Waals surface area contributed by atoms with Gasteiger partial charge in [-0.05, 0) is 90.8 Å². The lowest BCUT2D eigenvalue weighted by Crippen LogP contribution is -2.39. The molecule has 2 aliphatic rings. The molecule has 5 aromatic rings. The van der Waals surface area contributed by atoms with Crippen LogP contribution in [0, 0.1) is 0 Å². The zero-order valence-corrected chi connectivity index (χ0v) is 33.6. The van der Waals surface area contributed by atoms with Crippen molar-refractivity contribution in [2.75, 3.05) is 36.9 Å². The number of nitrogens with two attached hydrogens (primary N) is 1. The summed E-state index contributed by atoms with van der Waals surface area (Å²) in [6.07, 6.45) is 1.77. The fourth-order valence-corrected chi connectivity index (χ4v) is 7.72. The Morgan fingerprint density at radius 3 is 2.52 bits per heavy atom. The fraction of sp³-hybridized carbons (Fsp3) is 0.341. The van der Waals surface area contributed by atoms with Gasteiger partial charge in [0.15, 0.2) is 6.61 Å². The first kappa shape index (κ1) is 43.1. The van der Waals surface area contributed by atoms with Crippen LogP contribution in [-0.4, -0.2) is 76.7 Å². The van der Waals surface area contributed by atoms with Crippen LogP contribution in [0.5, 0.6) is 11.5 Å². The van der Waals surface area contributed by atoms with Crippen molar-refractivity contribution >= 4 is 52.1 Å². The number of nitrogens with one attached hydrogen (secondary N) is 3. The Hall–Kier alpha value is -6.98. The van der Waals surface area contributed by atoms with Gasteiger partial charge in [0, 0.05) is 56.5 Å². The number of aryl methyl sites for hydroxylation is 1. The van der Waals surface area contributed by atoms with Crippen molar-refractivity contribution in [2.24, 2.45) is 0 Å². The molecular weight excluding hydrogens is 810 g/mol. The Labute approximate surface area is 354 Å². The van der Waals surface area contributed by atoms with E-state index in [1.807, 2.05) is 29.0 Å². The molecule has 0 bridgehead atoms. The molecule has 1 atom stereocenters. The van der Waals surface area contributed by atoms with Crippen molar-refractivity contribution in [1.82, 2.24) is 30.5 Å². The highest BCUT2D eigenvalue weighted by Gasteiger charge is 2.32. The molecule has 1 fully saturated rings. The van der Waals surface area contributed by atoms with E-state index in [1.165, 1.54) is 24.5 Å². The summed E-state index contributed by atoms with van der Waals surface area (Å²) in [6, 6.07) is 18.1. The molecule has 15 nitrogen and oxygen atoms in total. The van der Waals surface area contributed by atoms with Crippen LogP contribution in [0.15, 0.2) is 79.3 Å². The van der Waals surface area contributed by atoms with Gasteiger partial charge in [-0.15, -0.1) is 13.2 Å². The van der Waals surface area contributed by atoms with Gasteiger partial charge in [0.1, 0.15) is 29.3 Å². The van der Waals surface area contributed by atoms with Gasteiger partial charge < -0.3 is 35.3 Å². The molecule has 3 aromatic carbocycles. The van der Waals surface area contributed by atoms with E-state index in [1.54, 1.807) is 35.2 Å². The van der Waals surface area contributed by atoms with Crippen molar-refractivity contribution in [1.29, 1.82) is 0 Å². The maximum absolute atomic E-state index is 13.3. The van der Waals surface area contributed by atoms with Gasteiger partial charge in [-0.2, -0.15) is 0 Å². The maximum Gasteiger partial charge on any atom is 0.573 e. The number of halogens is 3. The Morgan fingerprint density at radius 1 is 0.903 bits per heavy atom. The van der Waals surface area contributed by atoms with Crippen LogP contribution in [0.3, 0.4) is 0 Å². The second kappa shape index (κ2) is 19.2. The number of unbranched alkanes of at least 4 members (excludes halogenated alkanes) is 1. The second-order valence-electron chi connectivity index (χ2n) is 15.1. The quantitative estimate of drug-likeness (QED) is 0.0721. The molecule has 2 aliphatic heterocycles. The Bertz CT molecular complexity index is 2490. The summed E-state index contributed by atoms with van der Waals surface area (Å²) in [5.74, 6) is -1.37. The number of hydrogen-bond donors (Lipinski definition) is 4. The first-order chi connectivity index (χ1) is 29.8. The normalized spacial score (nSPS) is 15.0. The number of imide groups is 1. The number of anilines is 2. The number of aromatic nitrogens is 3. The molecule has 18 heteroatoms. The number of hydrogen-bond acceptors (Lipinski definition) is 10. The third kappa shape index (κ3) is 10.8. The van der Waals surface area contributed by atoms with Gasteiger partial charge in [0.2, 0.25) is 23.6 Å². The highest BCUT2D eigenvalue weighted by atomic mass is 19.4. The van der Waals surface area contributed by atoms with E-state index in [4.69, 9.17) is 10.5 Å². The Balaban J connectivity index is 0.845. The van der Waals surface area contributed by atoms with Crippen LogP contribution < -0.4 is 36.1 Å². The highest BCUT2D eigenvalue weighted by Crippen LogP contribution is 2.38. The monoisotopic (exact) mass is 854 g/mol. The maximum atomic E-state index is 13.3. The van der Waals surface area contributed by atoms with E-state index < -0.39 is 12.3 Å². The van der Waals surface area contributed by atoms with Gasteiger partial charge in [-0.1, -0.05) is 30.3 Å². The van der Waals surface area contributed by atoms with E-state index in [2.05, 4.69) is 30.7 Å². The number of nitrogens with zero attached hydrogens (tertiary/aromatic N) is 4. The zero-order valence-electron chi connectivity index (χ0n) is 33.6. The number of carbonyl (C=O) groups excluding carboxylic acids is 5. The minimum atomic E-state index is -4.83. The minimum Gasteiger partial charge on any atom is -0.484 e. The van der Waals surface area contributed by atoms with E-state index in [9.17, 15) is 37.1 Å². The summed E-state index contributed by atoms with van der Waals surface area (Å²) in [5.41, 5.74) is 11.5. The molecule has 0 radical (unpaired) electrons. The first-order valence-corrected chi connectivity index (χ1v) is 20.3. The smallest absolute Gasteiger partial charge is 0.484 e. The molecule has 2 aromatic heterocycles. The van der Waals surface area contributed by atoms with Crippen LogP contribution in [0.4, 0.5) is 24.7 Å². The van der Waals surface area contributed by atoms with Crippen molar-refractivity contribution in [3.05, 3.63) is 95.9 Å². The molecule has 1 saturated heterocycles. The molecule has 0 saturated carbocycles. The summed E-state index contributed by atoms with van der Waals surface area (Å²) in [4.78, 5) is 72.3. The predicted octanol–water partition coefficient (Wildman–Crippen LogP) is 5.10. The average Bonchev–Trinajstić information content (AvgIpc) is 3.83. The molecule has 62 heavy (non-hydrogen) atoms. The lowest BCUT2D eigenvalue weighted by molar-refractivity contribution is -0.274. The van der Waals surface area contributed by atoms with E-state index in [0.29, 0.717) is 98.4 Å². The molecule has 0 aliphatic carbocycles. The van der Waals surface area contributed by atoms with Crippen molar-refractivity contribution < 1.29 is 46.6 Å². The molecular formula is C44H45F3N8O7. The summed E-state index contributed by atoms with van der Waals surface area (Å²) < 4.78 is 49.8. The van der Waals surface area contributed by atoms with Crippen LogP contribution in [0.25, 0.3) is 22.2 Å². The van der Waals surface area contributed by atoms with Gasteiger partial charge in [0.25, 0.3) is 5.91 Å². The number of fused-ring (bicyclic) bond motifs is 2. The lowest BCUT2D eigenvalue weighted by Gasteiger charge is -2.21. The number of alkyl halides is 3. The summed E-state index contributed by atoms with van der Waals surface area (Å²) in [6.45, 7) is 1.55. The van der Waals surface area contributed by atoms with E-state index >= 15 is 0 Å². The number of rotatable bonds is 17. The fourth-order valence-electron chi connectivity index (χ4n) is 7.72. The largest absolute Gasteiger partial charge is 0.573 e. The molecule has 0 spiro atoms. The van der Waals surface area contributed by atoms with E-state index in [-0.39, 0.29) is 54.7 Å². The summed E-state index contributed by atoms with van der Waals surface area (Å²) in [5, 5.41) is 8.76. The minimum absolute atomic E-state index is 0.0927. The second-order valence-corrected chi connectivity index (χ2v) is 15.1. The number of piperidine rings is 1. The van der Waals surface area contributed by atoms with Crippen LogP contribution in [0.1, 0.15) is 61.1 Å². The van der Waals surface area contributed by atoms with Crippen molar-refractivity contribution in [2.45, 2.75) is 70.2 Å². The molecule has 7 rings (SSSR count). The van der Waals surface area contributed by atoms with Gasteiger partial charge >= 0.3 is 6.36 Å². The first-order valence-electron chi connectivity index (χ1n) is 20.3. The van der Waals surface area contributed by atoms with Crippen LogP contribution in [-0.2, 0) is 43.4 Å². The summed E-state index contributed by atoms with van der Waals surface area (Å²) in [7, 11) is 0. The Morgan fingerprint density at radius 2 is 1.69 bits per heavy atom. The van der Waals surface area contributed by atoms with Gasteiger partial charge in [-0.25, -0.2) is 9.97 Å². The highest BCUT2D eigenvalue weighted by molar-refractivity contribution is 6.02. The number of carbonyl (C=O) groups is 5.